The number of hydrogen-bond donors (Lipinski definition) is 1. The number of nitrogens with one attached hydrogen (secondary N) is 1. The third kappa shape index (κ3) is 3.63. The van der Waals surface area contributed by atoms with Crippen LogP contribution in [0.5, 0.6) is 0 Å². The van der Waals surface area contributed by atoms with Crippen molar-refractivity contribution in [3.05, 3.63) is 72.4 Å². The van der Waals surface area contributed by atoms with Crippen molar-refractivity contribution in [2.45, 2.75) is 6.54 Å². The van der Waals surface area contributed by atoms with Gasteiger partial charge in [-0.1, -0.05) is 0 Å². The molecule has 132 valence electrons. The summed E-state index contributed by atoms with van der Waals surface area (Å²) >= 11 is 6.46. The van der Waals surface area contributed by atoms with E-state index in [1.54, 1.807) is 12.1 Å². The van der Waals surface area contributed by atoms with Gasteiger partial charge in [-0.15, -0.1) is 0 Å². The molecule has 0 bridgehead atoms. The van der Waals surface area contributed by atoms with Gasteiger partial charge >= 0.3 is 0 Å². The molecule has 0 atom stereocenters. The van der Waals surface area contributed by atoms with Crippen molar-refractivity contribution in [1.82, 2.24) is 10.2 Å². The molecule has 2 heterocycles. The molecular formula is C15H9Br2N5O4. The minimum Gasteiger partial charge on any atom is -0.272 e. The highest BCUT2D eigenvalue weighted by Gasteiger charge is 2.17. The van der Waals surface area contributed by atoms with Crippen molar-refractivity contribution < 1.29 is 9.85 Å². The zero-order valence-corrected chi connectivity index (χ0v) is 16.0. The highest BCUT2D eigenvalue weighted by Crippen LogP contribution is 2.26. The molecule has 11 heteroatoms. The topological polar surface area (TPSA) is 127 Å². The molecule has 1 N–H and O–H groups in total. The number of H-pyrrole nitrogens is 1. The van der Waals surface area contributed by atoms with Gasteiger partial charge in [0.15, 0.2) is 0 Å². The maximum Gasteiger partial charge on any atom is 0.270 e. The zero-order chi connectivity index (χ0) is 18.8. The van der Waals surface area contributed by atoms with E-state index >= 15 is 0 Å². The molecule has 0 saturated carbocycles. The number of nitrogens with zero attached hydrogens (tertiary/aromatic N) is 4. The maximum atomic E-state index is 10.5. The largest absolute Gasteiger partial charge is 0.272 e. The van der Waals surface area contributed by atoms with Crippen LogP contribution in [0.4, 0.5) is 11.4 Å². The average molecular weight is 483 g/mol. The molecule has 0 amide bonds. The quantitative estimate of drug-likeness (QED) is 0.425. The van der Waals surface area contributed by atoms with Crippen LogP contribution in [0.3, 0.4) is 0 Å². The van der Waals surface area contributed by atoms with Crippen LogP contribution in [0, 0.1) is 20.2 Å². The molecule has 0 aliphatic carbocycles. The summed E-state index contributed by atoms with van der Waals surface area (Å²) in [6.07, 6.45) is 0. The predicted octanol–water partition coefficient (Wildman–Crippen LogP) is 4.48. The smallest absolute Gasteiger partial charge is 0.270 e. The van der Waals surface area contributed by atoms with Crippen LogP contribution in [0.1, 0.15) is 11.1 Å². The van der Waals surface area contributed by atoms with E-state index in [2.05, 4.69) is 47.0 Å². The lowest BCUT2D eigenvalue weighted by Gasteiger charge is -1.97. The standard InChI is InChI=1S/C8H5BrN2O2.C7H4BrN3O2/c9-8-7-3-6(11(12)13)2-1-5(7)4-10-8;8-7-5-3-4(11(12)13)1-2-6(5)9-10-7/h1-3H,4H2;1-3H,(H,9,10). The number of non-ortho nitro benzene ring substituents is 2. The highest BCUT2D eigenvalue weighted by molar-refractivity contribution is 9.18. The molecule has 3 aromatic rings. The number of aromatic nitrogens is 2. The van der Waals surface area contributed by atoms with Crippen LogP contribution in [0.15, 0.2) is 46.0 Å². The number of benzene rings is 2. The number of rotatable bonds is 2. The molecule has 1 aliphatic rings. The third-order valence-corrected chi connectivity index (χ3v) is 4.90. The first-order valence-electron chi connectivity index (χ1n) is 7.12. The molecule has 1 aromatic heterocycles. The first-order valence-corrected chi connectivity index (χ1v) is 8.71. The van der Waals surface area contributed by atoms with Crippen LogP contribution in [0.25, 0.3) is 10.9 Å². The van der Waals surface area contributed by atoms with Gasteiger partial charge in [-0.25, -0.2) is 0 Å². The Balaban J connectivity index is 0.000000151. The fourth-order valence-corrected chi connectivity index (χ4v) is 3.23. The number of aliphatic imine (C=N–C) groups is 1. The molecule has 0 unspecified atom stereocenters. The Morgan fingerprint density at radius 1 is 1.00 bits per heavy atom. The molecule has 0 fully saturated rings. The van der Waals surface area contributed by atoms with Gasteiger partial charge in [-0.05, 0) is 49.6 Å². The SMILES string of the molecule is O=[N+]([O-])c1ccc2c(c1)C(Br)=NC2.O=[N+]([O-])c1ccc2n[nH]c(Br)c2c1. The normalized spacial score (nSPS) is 12.2. The summed E-state index contributed by atoms with van der Waals surface area (Å²) in [6.45, 7) is 0.605. The fraction of sp³-hybridized carbons (Fsp3) is 0.0667. The second-order valence-corrected chi connectivity index (χ2v) is 6.75. The maximum absolute atomic E-state index is 10.5. The van der Waals surface area contributed by atoms with E-state index < -0.39 is 9.85 Å². The Morgan fingerprint density at radius 2 is 1.65 bits per heavy atom. The molecule has 0 saturated heterocycles. The van der Waals surface area contributed by atoms with Crippen molar-refractivity contribution >= 4 is 58.8 Å². The van der Waals surface area contributed by atoms with Gasteiger partial charge in [0, 0.05) is 35.2 Å². The first kappa shape index (κ1) is 18.1. The van der Waals surface area contributed by atoms with Gasteiger partial charge < -0.3 is 0 Å². The summed E-state index contributed by atoms with van der Waals surface area (Å²) in [5.74, 6) is 0. The Labute approximate surface area is 162 Å². The van der Waals surface area contributed by atoms with E-state index in [-0.39, 0.29) is 11.4 Å². The van der Waals surface area contributed by atoms with E-state index in [1.807, 2.05) is 0 Å². The van der Waals surface area contributed by atoms with E-state index in [4.69, 9.17) is 0 Å². The van der Waals surface area contributed by atoms with Gasteiger partial charge in [0.2, 0.25) is 0 Å². The average Bonchev–Trinajstić information content (AvgIpc) is 3.18. The number of halogens is 2. The Bertz CT molecular complexity index is 1060. The van der Waals surface area contributed by atoms with Crippen LogP contribution in [-0.4, -0.2) is 24.7 Å². The number of hydrogen-bond acceptors (Lipinski definition) is 6. The molecule has 26 heavy (non-hydrogen) atoms. The van der Waals surface area contributed by atoms with Crippen molar-refractivity contribution in [2.24, 2.45) is 4.99 Å². The Hall–Kier alpha value is -2.66. The fourth-order valence-electron chi connectivity index (χ4n) is 2.33. The van der Waals surface area contributed by atoms with Crippen LogP contribution in [-0.2, 0) is 6.54 Å². The summed E-state index contributed by atoms with van der Waals surface area (Å²) in [7, 11) is 0. The lowest BCUT2D eigenvalue weighted by molar-refractivity contribution is -0.385. The van der Waals surface area contributed by atoms with Gasteiger partial charge in [-0.2, -0.15) is 5.10 Å². The number of fused-ring (bicyclic) bond motifs is 2. The molecular weight excluding hydrogens is 474 g/mol. The van der Waals surface area contributed by atoms with Gasteiger partial charge in [0.25, 0.3) is 11.4 Å². The van der Waals surface area contributed by atoms with E-state index in [9.17, 15) is 20.2 Å². The summed E-state index contributed by atoms with van der Waals surface area (Å²) in [6, 6.07) is 9.29. The van der Waals surface area contributed by atoms with Crippen LogP contribution in [0.2, 0.25) is 0 Å². The number of aromatic amines is 1. The van der Waals surface area contributed by atoms with Crippen LogP contribution >= 0.6 is 31.9 Å². The zero-order valence-electron chi connectivity index (χ0n) is 12.8. The summed E-state index contributed by atoms with van der Waals surface area (Å²) in [5.41, 5.74) is 2.73. The lowest BCUT2D eigenvalue weighted by atomic mass is 10.1. The summed E-state index contributed by atoms with van der Waals surface area (Å²) in [4.78, 5) is 24.2. The van der Waals surface area contributed by atoms with Crippen molar-refractivity contribution in [3.8, 4) is 0 Å². The second-order valence-electron chi connectivity index (χ2n) is 5.20. The van der Waals surface area contributed by atoms with Gasteiger partial charge in [0.1, 0.15) is 9.22 Å². The molecule has 1 aliphatic heterocycles. The highest BCUT2D eigenvalue weighted by atomic mass is 79.9. The van der Waals surface area contributed by atoms with Crippen molar-refractivity contribution in [1.29, 1.82) is 0 Å². The van der Waals surface area contributed by atoms with Crippen molar-refractivity contribution in [3.63, 3.8) is 0 Å². The molecule has 9 nitrogen and oxygen atoms in total. The molecule has 2 aromatic carbocycles. The monoisotopic (exact) mass is 481 g/mol. The Morgan fingerprint density at radius 3 is 2.35 bits per heavy atom. The van der Waals surface area contributed by atoms with Gasteiger partial charge in [-0.3, -0.25) is 30.3 Å². The lowest BCUT2D eigenvalue weighted by Crippen LogP contribution is -1.93. The summed E-state index contributed by atoms with van der Waals surface area (Å²) in [5, 5.41) is 28.2. The predicted molar refractivity (Wildman–Crippen MR) is 103 cm³/mol. The first-order chi connectivity index (χ1) is 12.4. The van der Waals surface area contributed by atoms with Gasteiger partial charge in [0.05, 0.1) is 21.9 Å². The summed E-state index contributed by atoms with van der Waals surface area (Å²) < 4.78 is 1.36. The molecule has 4 rings (SSSR count). The molecule has 0 radical (unpaired) electrons. The van der Waals surface area contributed by atoms with Crippen LogP contribution < -0.4 is 0 Å². The minimum absolute atomic E-state index is 0.0644. The second kappa shape index (κ2) is 7.30. The van der Waals surface area contributed by atoms with E-state index in [0.717, 1.165) is 11.1 Å². The minimum atomic E-state index is -0.432. The number of nitro benzene ring substituents is 2. The molecule has 0 spiro atoms. The Kier molecular flexibility index (Phi) is 5.09. The van der Waals surface area contributed by atoms with Crippen molar-refractivity contribution in [2.75, 3.05) is 0 Å². The number of nitro groups is 2. The van der Waals surface area contributed by atoms with E-state index in [1.165, 1.54) is 24.3 Å². The van der Waals surface area contributed by atoms with E-state index in [0.29, 0.717) is 26.7 Å². The third-order valence-electron chi connectivity index (χ3n) is 3.62.